The number of rotatable bonds is 5. The Balaban J connectivity index is 1.86. The van der Waals surface area contributed by atoms with E-state index in [1.54, 1.807) is 6.07 Å². The SMILES string of the molecule is COc1cc(C#CCNC(=O)OCc2ccccc2)cc([N+](=O)[O-])c1. The molecular weight excluding hydrogens is 324 g/mol. The maximum atomic E-state index is 11.6. The number of benzene rings is 2. The van der Waals surface area contributed by atoms with Crippen molar-refractivity contribution in [2.24, 2.45) is 0 Å². The summed E-state index contributed by atoms with van der Waals surface area (Å²) in [5, 5.41) is 13.3. The van der Waals surface area contributed by atoms with Crippen molar-refractivity contribution >= 4 is 11.8 Å². The number of hydrogen-bond donors (Lipinski definition) is 1. The second-order valence-electron chi connectivity index (χ2n) is 4.89. The molecule has 0 heterocycles. The molecule has 0 aliphatic rings. The zero-order valence-electron chi connectivity index (χ0n) is 13.5. The van der Waals surface area contributed by atoms with Crippen molar-refractivity contribution in [3.63, 3.8) is 0 Å². The molecule has 0 spiro atoms. The Morgan fingerprint density at radius 3 is 2.68 bits per heavy atom. The van der Waals surface area contributed by atoms with Crippen LogP contribution in [-0.2, 0) is 11.3 Å². The van der Waals surface area contributed by atoms with Gasteiger partial charge in [-0.15, -0.1) is 0 Å². The second-order valence-corrected chi connectivity index (χ2v) is 4.89. The van der Waals surface area contributed by atoms with Gasteiger partial charge in [0, 0.05) is 11.6 Å². The number of nitro benzene ring substituents is 1. The molecule has 7 heteroatoms. The minimum Gasteiger partial charge on any atom is -0.496 e. The first-order chi connectivity index (χ1) is 12.1. The molecule has 0 unspecified atom stereocenters. The maximum Gasteiger partial charge on any atom is 0.408 e. The van der Waals surface area contributed by atoms with E-state index in [1.807, 2.05) is 30.3 Å². The maximum absolute atomic E-state index is 11.6. The highest BCUT2D eigenvalue weighted by molar-refractivity contribution is 5.67. The summed E-state index contributed by atoms with van der Waals surface area (Å²) in [5.74, 6) is 5.79. The fourth-order valence-corrected chi connectivity index (χ4v) is 1.92. The van der Waals surface area contributed by atoms with E-state index in [-0.39, 0.29) is 18.8 Å². The average molecular weight is 340 g/mol. The van der Waals surface area contributed by atoms with Crippen LogP contribution >= 0.6 is 0 Å². The van der Waals surface area contributed by atoms with Gasteiger partial charge in [-0.2, -0.15) is 0 Å². The largest absolute Gasteiger partial charge is 0.496 e. The average Bonchev–Trinajstić information content (AvgIpc) is 2.64. The van der Waals surface area contributed by atoms with Gasteiger partial charge in [0.25, 0.3) is 5.69 Å². The highest BCUT2D eigenvalue weighted by Gasteiger charge is 2.09. The first-order valence-electron chi connectivity index (χ1n) is 7.35. The van der Waals surface area contributed by atoms with Crippen LogP contribution in [0.25, 0.3) is 0 Å². The van der Waals surface area contributed by atoms with Gasteiger partial charge in [-0.3, -0.25) is 10.1 Å². The molecule has 0 aliphatic carbocycles. The van der Waals surface area contributed by atoms with Crippen molar-refractivity contribution in [1.82, 2.24) is 5.32 Å². The lowest BCUT2D eigenvalue weighted by molar-refractivity contribution is -0.384. The predicted molar refractivity (Wildman–Crippen MR) is 91.2 cm³/mol. The number of carbonyl (C=O) groups is 1. The summed E-state index contributed by atoms with van der Waals surface area (Å²) in [6.07, 6.45) is -0.588. The van der Waals surface area contributed by atoms with E-state index in [9.17, 15) is 14.9 Å². The van der Waals surface area contributed by atoms with E-state index in [0.717, 1.165) is 5.56 Å². The molecule has 0 fully saturated rings. The Hall–Kier alpha value is -3.53. The summed E-state index contributed by atoms with van der Waals surface area (Å²) in [5.41, 5.74) is 1.19. The second kappa shape index (κ2) is 8.93. The predicted octanol–water partition coefficient (Wildman–Crippen LogP) is 2.88. The Kier molecular flexibility index (Phi) is 6.37. The van der Waals surface area contributed by atoms with Crippen LogP contribution in [0, 0.1) is 22.0 Å². The van der Waals surface area contributed by atoms with Crippen molar-refractivity contribution in [1.29, 1.82) is 0 Å². The topological polar surface area (TPSA) is 90.7 Å². The summed E-state index contributed by atoms with van der Waals surface area (Å²) in [4.78, 5) is 21.9. The number of amides is 1. The Morgan fingerprint density at radius 1 is 1.24 bits per heavy atom. The van der Waals surface area contributed by atoms with Gasteiger partial charge in [0.2, 0.25) is 0 Å². The standard InChI is InChI=1S/C18H16N2O5/c1-24-17-11-15(10-16(12-17)20(22)23)8-5-9-19-18(21)25-13-14-6-3-2-4-7-14/h2-4,6-7,10-12H,9,13H2,1H3,(H,19,21). The Bertz CT molecular complexity index is 809. The lowest BCUT2D eigenvalue weighted by Crippen LogP contribution is -2.24. The summed E-state index contributed by atoms with van der Waals surface area (Å²) in [7, 11) is 1.42. The lowest BCUT2D eigenvalue weighted by atomic mass is 10.2. The van der Waals surface area contributed by atoms with Crippen LogP contribution in [0.4, 0.5) is 10.5 Å². The van der Waals surface area contributed by atoms with Crippen LogP contribution in [0.2, 0.25) is 0 Å². The molecule has 128 valence electrons. The fraction of sp³-hybridized carbons (Fsp3) is 0.167. The van der Waals surface area contributed by atoms with Gasteiger partial charge in [0.05, 0.1) is 24.6 Å². The third-order valence-corrected chi connectivity index (χ3v) is 3.10. The van der Waals surface area contributed by atoms with Gasteiger partial charge in [0.15, 0.2) is 0 Å². The van der Waals surface area contributed by atoms with Crippen LogP contribution in [0.1, 0.15) is 11.1 Å². The zero-order valence-corrected chi connectivity index (χ0v) is 13.5. The number of non-ortho nitro benzene ring substituents is 1. The van der Waals surface area contributed by atoms with E-state index < -0.39 is 11.0 Å². The third-order valence-electron chi connectivity index (χ3n) is 3.10. The minimum atomic E-state index is -0.588. The molecule has 7 nitrogen and oxygen atoms in total. The van der Waals surface area contributed by atoms with Gasteiger partial charge in [0.1, 0.15) is 12.4 Å². The Morgan fingerprint density at radius 2 is 2.00 bits per heavy atom. The molecule has 0 aromatic heterocycles. The number of nitrogens with one attached hydrogen (secondary N) is 1. The number of alkyl carbamates (subject to hydrolysis) is 1. The summed E-state index contributed by atoms with van der Waals surface area (Å²) < 4.78 is 10.0. The number of hydrogen-bond acceptors (Lipinski definition) is 5. The van der Waals surface area contributed by atoms with Crippen LogP contribution in [0.3, 0.4) is 0 Å². The smallest absolute Gasteiger partial charge is 0.408 e. The zero-order chi connectivity index (χ0) is 18.1. The fourth-order valence-electron chi connectivity index (χ4n) is 1.92. The van der Waals surface area contributed by atoms with Gasteiger partial charge in [-0.05, 0) is 11.6 Å². The van der Waals surface area contributed by atoms with E-state index in [4.69, 9.17) is 9.47 Å². The van der Waals surface area contributed by atoms with Gasteiger partial charge in [-0.1, -0.05) is 42.2 Å². The highest BCUT2D eigenvalue weighted by atomic mass is 16.6. The number of methoxy groups -OCH3 is 1. The van der Waals surface area contributed by atoms with E-state index >= 15 is 0 Å². The third kappa shape index (κ3) is 5.88. The van der Waals surface area contributed by atoms with Crippen molar-refractivity contribution in [2.75, 3.05) is 13.7 Å². The number of nitro groups is 1. The van der Waals surface area contributed by atoms with E-state index in [2.05, 4.69) is 17.2 Å². The van der Waals surface area contributed by atoms with Crippen LogP contribution in [0.5, 0.6) is 5.75 Å². The Labute approximate surface area is 144 Å². The molecular formula is C18H16N2O5. The van der Waals surface area contributed by atoms with Crippen molar-refractivity contribution in [3.8, 4) is 17.6 Å². The van der Waals surface area contributed by atoms with Crippen molar-refractivity contribution in [2.45, 2.75) is 6.61 Å². The highest BCUT2D eigenvalue weighted by Crippen LogP contribution is 2.21. The van der Waals surface area contributed by atoms with Crippen molar-refractivity contribution in [3.05, 3.63) is 69.8 Å². The van der Waals surface area contributed by atoms with Gasteiger partial charge in [-0.25, -0.2) is 4.79 Å². The number of carbonyl (C=O) groups excluding carboxylic acids is 1. The summed E-state index contributed by atoms with van der Waals surface area (Å²) >= 11 is 0. The monoisotopic (exact) mass is 340 g/mol. The molecule has 0 atom stereocenters. The molecule has 0 bridgehead atoms. The quantitative estimate of drug-likeness (QED) is 0.513. The molecule has 0 saturated heterocycles. The molecule has 0 saturated carbocycles. The van der Waals surface area contributed by atoms with E-state index in [0.29, 0.717) is 11.3 Å². The molecule has 2 aromatic rings. The molecule has 0 radical (unpaired) electrons. The van der Waals surface area contributed by atoms with Gasteiger partial charge < -0.3 is 14.8 Å². The first kappa shape index (κ1) is 17.8. The molecule has 2 aromatic carbocycles. The van der Waals surface area contributed by atoms with Crippen LogP contribution in [0.15, 0.2) is 48.5 Å². The van der Waals surface area contributed by atoms with E-state index in [1.165, 1.54) is 19.2 Å². The molecule has 1 N–H and O–H groups in total. The number of ether oxygens (including phenoxy) is 2. The van der Waals surface area contributed by atoms with Gasteiger partial charge >= 0.3 is 6.09 Å². The minimum absolute atomic E-state index is 0.0542. The molecule has 2 rings (SSSR count). The molecule has 25 heavy (non-hydrogen) atoms. The summed E-state index contributed by atoms with van der Waals surface area (Å²) in [6, 6.07) is 13.5. The summed E-state index contributed by atoms with van der Waals surface area (Å²) in [6.45, 7) is 0.223. The van der Waals surface area contributed by atoms with Crippen LogP contribution in [-0.4, -0.2) is 24.7 Å². The first-order valence-corrected chi connectivity index (χ1v) is 7.35. The normalized spacial score (nSPS) is 9.48. The molecule has 0 aliphatic heterocycles. The number of nitrogens with zero attached hydrogens (tertiary/aromatic N) is 1. The van der Waals surface area contributed by atoms with Crippen molar-refractivity contribution < 1.29 is 19.2 Å². The lowest BCUT2D eigenvalue weighted by Gasteiger charge is -2.04. The van der Waals surface area contributed by atoms with Crippen LogP contribution < -0.4 is 10.1 Å². The molecule has 1 amide bonds.